The van der Waals surface area contributed by atoms with Crippen LogP contribution in [-0.4, -0.2) is 30.6 Å². The molecule has 0 bridgehead atoms. The van der Waals surface area contributed by atoms with Gasteiger partial charge in [0.15, 0.2) is 5.13 Å². The monoisotopic (exact) mass is 359 g/mol. The van der Waals surface area contributed by atoms with Gasteiger partial charge in [0.05, 0.1) is 23.8 Å². The fraction of sp³-hybridized carbons (Fsp3) is 0.333. The highest BCUT2D eigenvalue weighted by molar-refractivity contribution is 7.14. The quantitative estimate of drug-likeness (QED) is 0.831. The van der Waals surface area contributed by atoms with Crippen molar-refractivity contribution >= 4 is 22.4 Å². The van der Waals surface area contributed by atoms with Crippen LogP contribution >= 0.6 is 11.3 Å². The van der Waals surface area contributed by atoms with Gasteiger partial charge in [-0.05, 0) is 12.1 Å². The van der Waals surface area contributed by atoms with Gasteiger partial charge < -0.3 is 15.8 Å². The van der Waals surface area contributed by atoms with E-state index >= 15 is 0 Å². The van der Waals surface area contributed by atoms with E-state index in [4.69, 9.17) is 10.5 Å². The maximum Gasteiger partial charge on any atom is 0.416 e. The van der Waals surface area contributed by atoms with Gasteiger partial charge in [0.2, 0.25) is 5.91 Å². The number of nitrogens with zero attached hydrogens (tertiary/aromatic N) is 1. The zero-order valence-corrected chi connectivity index (χ0v) is 13.6. The lowest BCUT2D eigenvalue weighted by Gasteiger charge is -2.11. The van der Waals surface area contributed by atoms with E-state index in [0.717, 1.165) is 23.5 Å². The van der Waals surface area contributed by atoms with E-state index in [-0.39, 0.29) is 18.9 Å². The molecule has 0 aliphatic heterocycles. The average Bonchev–Trinajstić information content (AvgIpc) is 3.00. The zero-order valence-electron chi connectivity index (χ0n) is 12.8. The number of aromatic nitrogens is 1. The number of amides is 1. The van der Waals surface area contributed by atoms with Crippen molar-refractivity contribution in [3.8, 4) is 11.3 Å². The van der Waals surface area contributed by atoms with E-state index in [9.17, 15) is 18.0 Å². The molecular formula is C15H16F3N3O2S. The molecule has 0 aliphatic rings. The van der Waals surface area contributed by atoms with Crippen LogP contribution in [0.5, 0.6) is 0 Å². The highest BCUT2D eigenvalue weighted by Crippen LogP contribution is 2.33. The number of nitrogens with one attached hydrogen (secondary N) is 1. The first kappa shape index (κ1) is 18.4. The van der Waals surface area contributed by atoms with Crippen molar-refractivity contribution in [3.05, 3.63) is 35.2 Å². The van der Waals surface area contributed by atoms with Crippen LogP contribution in [0.1, 0.15) is 12.0 Å². The molecule has 24 heavy (non-hydrogen) atoms. The Hall–Kier alpha value is -1.97. The molecule has 2 rings (SSSR count). The molecule has 9 heteroatoms. The van der Waals surface area contributed by atoms with Crippen LogP contribution in [0.15, 0.2) is 29.6 Å². The molecule has 0 aliphatic carbocycles. The molecule has 0 saturated heterocycles. The summed E-state index contributed by atoms with van der Waals surface area (Å²) in [6, 6.07) is 4.87. The van der Waals surface area contributed by atoms with Gasteiger partial charge in [-0.25, -0.2) is 4.98 Å². The van der Waals surface area contributed by atoms with Crippen molar-refractivity contribution in [1.29, 1.82) is 0 Å². The van der Waals surface area contributed by atoms with Crippen molar-refractivity contribution in [2.75, 3.05) is 19.0 Å². The normalized spacial score (nSPS) is 12.9. The Morgan fingerprint density at radius 1 is 1.46 bits per heavy atom. The lowest BCUT2D eigenvalue weighted by Crippen LogP contribution is -2.28. The lowest BCUT2D eigenvalue weighted by atomic mass is 10.1. The molecule has 1 amide bonds. The zero-order chi connectivity index (χ0) is 17.7. The highest BCUT2D eigenvalue weighted by Gasteiger charge is 2.30. The molecule has 1 unspecified atom stereocenters. The molecule has 5 nitrogen and oxygen atoms in total. The van der Waals surface area contributed by atoms with Gasteiger partial charge in [-0.1, -0.05) is 12.1 Å². The molecule has 0 spiro atoms. The number of nitrogens with two attached hydrogens (primary N) is 1. The summed E-state index contributed by atoms with van der Waals surface area (Å²) >= 11 is 1.13. The van der Waals surface area contributed by atoms with Gasteiger partial charge in [0, 0.05) is 24.6 Å². The Balaban J connectivity index is 2.10. The van der Waals surface area contributed by atoms with Crippen LogP contribution in [0.3, 0.4) is 0 Å². The molecule has 0 fully saturated rings. The average molecular weight is 359 g/mol. The first-order chi connectivity index (χ1) is 11.3. The number of methoxy groups -OCH3 is 1. The van der Waals surface area contributed by atoms with E-state index in [2.05, 4.69) is 10.3 Å². The fourth-order valence-electron chi connectivity index (χ4n) is 1.96. The third kappa shape index (κ3) is 4.76. The maximum absolute atomic E-state index is 12.8. The molecule has 0 saturated carbocycles. The maximum atomic E-state index is 12.8. The minimum absolute atomic E-state index is 0.0749. The summed E-state index contributed by atoms with van der Waals surface area (Å²) in [7, 11) is 1.46. The number of ether oxygens (including phenoxy) is 1. The molecule has 0 radical (unpaired) electrons. The predicted molar refractivity (Wildman–Crippen MR) is 85.7 cm³/mol. The summed E-state index contributed by atoms with van der Waals surface area (Å²) in [5.41, 5.74) is 5.39. The third-order valence-electron chi connectivity index (χ3n) is 3.25. The van der Waals surface area contributed by atoms with Crippen LogP contribution in [0, 0.1) is 0 Å². The van der Waals surface area contributed by atoms with Crippen LogP contribution in [0.4, 0.5) is 18.3 Å². The molecule has 1 aromatic heterocycles. The van der Waals surface area contributed by atoms with Gasteiger partial charge in [0.25, 0.3) is 0 Å². The number of halogens is 3. The van der Waals surface area contributed by atoms with Crippen LogP contribution < -0.4 is 11.1 Å². The van der Waals surface area contributed by atoms with Crippen LogP contribution in [0.25, 0.3) is 11.3 Å². The van der Waals surface area contributed by atoms with Crippen molar-refractivity contribution in [2.24, 2.45) is 5.73 Å². The van der Waals surface area contributed by atoms with Crippen molar-refractivity contribution < 1.29 is 22.7 Å². The molecule has 1 heterocycles. The van der Waals surface area contributed by atoms with Crippen molar-refractivity contribution in [1.82, 2.24) is 4.98 Å². The number of alkyl halides is 3. The Morgan fingerprint density at radius 2 is 2.21 bits per heavy atom. The van der Waals surface area contributed by atoms with E-state index < -0.39 is 17.8 Å². The van der Waals surface area contributed by atoms with Crippen LogP contribution in [-0.2, 0) is 15.7 Å². The summed E-state index contributed by atoms with van der Waals surface area (Å²) in [4.78, 5) is 16.0. The Labute approximate surface area is 140 Å². The number of rotatable bonds is 6. The lowest BCUT2D eigenvalue weighted by molar-refractivity contribution is -0.137. The number of carbonyl (C=O) groups is 1. The number of hydrogen-bond donors (Lipinski definition) is 2. The minimum atomic E-state index is -4.42. The first-order valence-corrected chi connectivity index (χ1v) is 7.87. The summed E-state index contributed by atoms with van der Waals surface area (Å²) in [5, 5.41) is 4.48. The predicted octanol–water partition coefficient (Wildman–Crippen LogP) is 3.13. The second kappa shape index (κ2) is 7.73. The number of benzene rings is 1. The standard InChI is InChI=1S/C15H16F3N3O2S/c1-23-11(7-19)6-13(22)21-14-20-12(8-24-14)9-3-2-4-10(5-9)15(16,17)18/h2-5,8,11H,6-7,19H2,1H3,(H,20,21,22). The topological polar surface area (TPSA) is 77.2 Å². The molecule has 1 atom stereocenters. The first-order valence-electron chi connectivity index (χ1n) is 6.99. The van der Waals surface area contributed by atoms with Crippen molar-refractivity contribution in [2.45, 2.75) is 18.7 Å². The van der Waals surface area contributed by atoms with E-state index in [0.29, 0.717) is 16.4 Å². The summed E-state index contributed by atoms with van der Waals surface area (Å²) in [5.74, 6) is -0.322. The SMILES string of the molecule is COC(CN)CC(=O)Nc1nc(-c2cccc(C(F)(F)F)c2)cs1. The minimum Gasteiger partial charge on any atom is -0.380 e. The van der Waals surface area contributed by atoms with E-state index in [1.54, 1.807) is 5.38 Å². The summed E-state index contributed by atoms with van der Waals surface area (Å²) < 4.78 is 43.3. The van der Waals surface area contributed by atoms with Gasteiger partial charge >= 0.3 is 6.18 Å². The second-order valence-electron chi connectivity index (χ2n) is 4.96. The van der Waals surface area contributed by atoms with E-state index in [1.807, 2.05) is 0 Å². The second-order valence-corrected chi connectivity index (χ2v) is 5.82. The summed E-state index contributed by atoms with van der Waals surface area (Å²) in [6.45, 7) is 0.206. The Kier molecular flexibility index (Phi) is 5.92. The molecule has 3 N–H and O–H groups in total. The smallest absolute Gasteiger partial charge is 0.380 e. The van der Waals surface area contributed by atoms with E-state index in [1.165, 1.54) is 19.2 Å². The van der Waals surface area contributed by atoms with Crippen molar-refractivity contribution in [3.63, 3.8) is 0 Å². The highest BCUT2D eigenvalue weighted by atomic mass is 32.1. The largest absolute Gasteiger partial charge is 0.416 e. The number of anilines is 1. The fourth-order valence-corrected chi connectivity index (χ4v) is 2.69. The number of hydrogen-bond acceptors (Lipinski definition) is 5. The number of thiazole rings is 1. The number of carbonyl (C=O) groups excluding carboxylic acids is 1. The molecule has 130 valence electrons. The molecule has 1 aromatic carbocycles. The Morgan fingerprint density at radius 3 is 2.83 bits per heavy atom. The Bertz CT molecular complexity index is 699. The van der Waals surface area contributed by atoms with Gasteiger partial charge in [-0.2, -0.15) is 13.2 Å². The van der Waals surface area contributed by atoms with Gasteiger partial charge in [0.1, 0.15) is 0 Å². The van der Waals surface area contributed by atoms with Gasteiger partial charge in [-0.3, -0.25) is 4.79 Å². The van der Waals surface area contributed by atoms with Crippen LogP contribution in [0.2, 0.25) is 0 Å². The van der Waals surface area contributed by atoms with Gasteiger partial charge in [-0.15, -0.1) is 11.3 Å². The molecular weight excluding hydrogens is 343 g/mol. The molecule has 2 aromatic rings. The summed E-state index contributed by atoms with van der Waals surface area (Å²) in [6.07, 6.45) is -4.74. The third-order valence-corrected chi connectivity index (χ3v) is 4.00.